The zero-order chi connectivity index (χ0) is 19.1. The van der Waals surface area contributed by atoms with Crippen molar-refractivity contribution in [2.75, 3.05) is 5.32 Å². The summed E-state index contributed by atoms with van der Waals surface area (Å²) in [7, 11) is 0. The maximum atomic E-state index is 11.1. The smallest absolute Gasteiger partial charge is 0.271 e. The van der Waals surface area contributed by atoms with E-state index in [1.807, 2.05) is 48.6 Å². The van der Waals surface area contributed by atoms with Crippen molar-refractivity contribution in [2.24, 2.45) is 0 Å². The summed E-state index contributed by atoms with van der Waals surface area (Å²) in [5.74, 6) is 0.693. The van der Waals surface area contributed by atoms with Crippen molar-refractivity contribution in [3.05, 3.63) is 75.3 Å². The van der Waals surface area contributed by atoms with Crippen molar-refractivity contribution in [3.8, 4) is 6.07 Å². The van der Waals surface area contributed by atoms with Gasteiger partial charge in [0, 0.05) is 17.8 Å². The number of aryl methyl sites for hydroxylation is 2. The Morgan fingerprint density at radius 2 is 1.93 bits per heavy atom. The molecule has 7 heteroatoms. The highest BCUT2D eigenvalue weighted by Crippen LogP contribution is 2.30. The molecule has 0 unspecified atom stereocenters. The fraction of sp³-hybridized carbons (Fsp3) is 0.100. The van der Waals surface area contributed by atoms with Gasteiger partial charge in [0.15, 0.2) is 5.65 Å². The first-order valence-electron chi connectivity index (χ1n) is 8.32. The molecule has 0 bridgehead atoms. The number of hydrogen-bond donors (Lipinski definition) is 1. The van der Waals surface area contributed by atoms with Crippen LogP contribution < -0.4 is 5.32 Å². The van der Waals surface area contributed by atoms with Gasteiger partial charge in [-0.2, -0.15) is 5.26 Å². The lowest BCUT2D eigenvalue weighted by molar-refractivity contribution is -0.384. The summed E-state index contributed by atoms with van der Waals surface area (Å²) in [6.45, 7) is 3.73. The van der Waals surface area contributed by atoms with Crippen LogP contribution in [0, 0.1) is 35.3 Å². The Hall–Kier alpha value is -3.92. The van der Waals surface area contributed by atoms with Gasteiger partial charge in [0.25, 0.3) is 5.69 Å². The van der Waals surface area contributed by atoms with Crippen LogP contribution in [0.25, 0.3) is 16.7 Å². The fourth-order valence-corrected chi connectivity index (χ4v) is 3.18. The largest absolute Gasteiger partial charge is 0.341 e. The maximum absolute atomic E-state index is 11.1. The molecule has 0 saturated heterocycles. The summed E-state index contributed by atoms with van der Waals surface area (Å²) < 4.78 is 1.87. The van der Waals surface area contributed by atoms with Crippen LogP contribution in [0.15, 0.2) is 48.5 Å². The number of nitro groups is 1. The molecule has 0 radical (unpaired) electrons. The third-order valence-electron chi connectivity index (χ3n) is 4.58. The number of nitrogens with zero attached hydrogens (tertiary/aromatic N) is 4. The minimum atomic E-state index is -0.420. The number of nitro benzene ring substituents is 1. The first-order chi connectivity index (χ1) is 13.0. The third-order valence-corrected chi connectivity index (χ3v) is 4.58. The van der Waals surface area contributed by atoms with Gasteiger partial charge in [-0.05, 0) is 43.2 Å². The van der Waals surface area contributed by atoms with Crippen LogP contribution in [0.2, 0.25) is 0 Å². The topological polar surface area (TPSA) is 96.3 Å². The van der Waals surface area contributed by atoms with Crippen LogP contribution in [0.4, 0.5) is 17.2 Å². The average molecular weight is 357 g/mol. The molecule has 0 aliphatic rings. The van der Waals surface area contributed by atoms with Crippen LogP contribution in [-0.4, -0.2) is 14.3 Å². The van der Waals surface area contributed by atoms with Crippen molar-refractivity contribution in [2.45, 2.75) is 13.8 Å². The second kappa shape index (κ2) is 6.11. The number of fused-ring (bicyclic) bond motifs is 3. The van der Waals surface area contributed by atoms with E-state index in [4.69, 9.17) is 0 Å². The molecule has 0 amide bonds. The predicted octanol–water partition coefficient (Wildman–Crippen LogP) is 4.63. The van der Waals surface area contributed by atoms with Gasteiger partial charge in [0.2, 0.25) is 0 Å². The molecule has 132 valence electrons. The quantitative estimate of drug-likeness (QED) is 0.426. The molecule has 2 aromatic heterocycles. The van der Waals surface area contributed by atoms with Crippen molar-refractivity contribution < 1.29 is 4.92 Å². The van der Waals surface area contributed by atoms with Gasteiger partial charge in [0.05, 0.1) is 21.5 Å². The number of anilines is 2. The molecule has 0 aliphatic carbocycles. The normalized spacial score (nSPS) is 10.9. The van der Waals surface area contributed by atoms with E-state index in [-0.39, 0.29) is 5.69 Å². The third kappa shape index (κ3) is 2.64. The molecule has 0 aliphatic heterocycles. The Balaban J connectivity index is 1.99. The van der Waals surface area contributed by atoms with E-state index in [0.717, 1.165) is 22.2 Å². The standard InChI is InChI=1S/C20H15N5O2/c1-12-7-8-14(25(26)27)10-17(12)22-19-9-13(2)15(11-21)20-23-16-5-3-4-6-18(16)24(19)20/h3-10,22H,1-2H3. The van der Waals surface area contributed by atoms with E-state index in [9.17, 15) is 15.4 Å². The molecule has 7 nitrogen and oxygen atoms in total. The van der Waals surface area contributed by atoms with E-state index in [1.165, 1.54) is 12.1 Å². The number of imidazole rings is 1. The van der Waals surface area contributed by atoms with Crippen LogP contribution >= 0.6 is 0 Å². The number of hydrogen-bond acceptors (Lipinski definition) is 5. The van der Waals surface area contributed by atoms with Gasteiger partial charge < -0.3 is 5.32 Å². The minimum Gasteiger partial charge on any atom is -0.341 e. The Labute approximate surface area is 154 Å². The fourth-order valence-electron chi connectivity index (χ4n) is 3.18. The lowest BCUT2D eigenvalue weighted by Crippen LogP contribution is -2.03. The first-order valence-corrected chi connectivity index (χ1v) is 8.32. The zero-order valence-electron chi connectivity index (χ0n) is 14.7. The van der Waals surface area contributed by atoms with Gasteiger partial charge >= 0.3 is 0 Å². The van der Waals surface area contributed by atoms with Gasteiger partial charge in [0.1, 0.15) is 11.9 Å². The second-order valence-corrected chi connectivity index (χ2v) is 6.34. The summed E-state index contributed by atoms with van der Waals surface area (Å²) in [6, 6.07) is 16.4. The summed E-state index contributed by atoms with van der Waals surface area (Å²) in [5.41, 5.74) is 5.00. The number of para-hydroxylation sites is 2. The van der Waals surface area contributed by atoms with Crippen LogP contribution in [0.1, 0.15) is 16.7 Å². The second-order valence-electron chi connectivity index (χ2n) is 6.34. The predicted molar refractivity (Wildman–Crippen MR) is 103 cm³/mol. The zero-order valence-corrected chi connectivity index (χ0v) is 14.7. The summed E-state index contributed by atoms with van der Waals surface area (Å²) >= 11 is 0. The van der Waals surface area contributed by atoms with Crippen LogP contribution in [0.3, 0.4) is 0 Å². The Bertz CT molecular complexity index is 1270. The van der Waals surface area contributed by atoms with Gasteiger partial charge in [-0.1, -0.05) is 18.2 Å². The molecule has 1 N–H and O–H groups in total. The molecular formula is C20H15N5O2. The number of nitriles is 1. The molecule has 4 aromatic rings. The van der Waals surface area contributed by atoms with Crippen molar-refractivity contribution >= 4 is 33.9 Å². The molecule has 2 aromatic carbocycles. The van der Waals surface area contributed by atoms with E-state index < -0.39 is 4.92 Å². The van der Waals surface area contributed by atoms with Crippen LogP contribution in [0.5, 0.6) is 0 Å². The Kier molecular flexibility index (Phi) is 3.74. The minimum absolute atomic E-state index is 0.0141. The van der Waals surface area contributed by atoms with Crippen LogP contribution in [-0.2, 0) is 0 Å². The number of rotatable bonds is 3. The van der Waals surface area contributed by atoms with Crippen molar-refractivity contribution in [1.82, 2.24) is 9.38 Å². The lowest BCUT2D eigenvalue weighted by Gasteiger charge is -2.14. The van der Waals surface area contributed by atoms with Gasteiger partial charge in [-0.3, -0.25) is 14.5 Å². The molecule has 0 saturated carbocycles. The lowest BCUT2D eigenvalue weighted by atomic mass is 10.1. The SMILES string of the molecule is Cc1ccc([N+](=O)[O-])cc1Nc1cc(C)c(C#N)c2nc3ccccc3n12. The Morgan fingerprint density at radius 3 is 2.67 bits per heavy atom. The number of non-ortho nitro benzene ring substituents is 1. The highest BCUT2D eigenvalue weighted by atomic mass is 16.6. The molecule has 0 fully saturated rings. The maximum Gasteiger partial charge on any atom is 0.271 e. The average Bonchev–Trinajstić information content (AvgIpc) is 3.03. The van der Waals surface area contributed by atoms with E-state index >= 15 is 0 Å². The molecule has 0 spiro atoms. The number of pyridine rings is 1. The van der Waals surface area contributed by atoms with Crippen molar-refractivity contribution in [3.63, 3.8) is 0 Å². The van der Waals surface area contributed by atoms with Gasteiger partial charge in [-0.15, -0.1) is 0 Å². The highest BCUT2D eigenvalue weighted by molar-refractivity contribution is 5.86. The Morgan fingerprint density at radius 1 is 1.15 bits per heavy atom. The first kappa shape index (κ1) is 16.5. The van der Waals surface area contributed by atoms with Gasteiger partial charge in [-0.25, -0.2) is 4.98 Å². The molecule has 4 rings (SSSR count). The molecule has 27 heavy (non-hydrogen) atoms. The van der Waals surface area contributed by atoms with Crippen molar-refractivity contribution in [1.29, 1.82) is 5.26 Å². The molecule has 0 atom stereocenters. The van der Waals surface area contributed by atoms with E-state index in [1.54, 1.807) is 6.07 Å². The number of aromatic nitrogens is 2. The van der Waals surface area contributed by atoms with E-state index in [2.05, 4.69) is 16.4 Å². The highest BCUT2D eigenvalue weighted by Gasteiger charge is 2.16. The molecular weight excluding hydrogens is 342 g/mol. The number of benzene rings is 2. The molecule has 2 heterocycles. The van der Waals surface area contributed by atoms with E-state index in [0.29, 0.717) is 22.7 Å². The monoisotopic (exact) mass is 357 g/mol. The summed E-state index contributed by atoms with van der Waals surface area (Å²) in [4.78, 5) is 15.3. The summed E-state index contributed by atoms with van der Waals surface area (Å²) in [6.07, 6.45) is 0. The number of nitrogens with one attached hydrogen (secondary N) is 1. The summed E-state index contributed by atoms with van der Waals surface area (Å²) in [5, 5.41) is 24.0.